The molecule has 3 aromatic rings. The van der Waals surface area contributed by atoms with Crippen molar-refractivity contribution in [2.75, 3.05) is 24.7 Å². The molecular weight excluding hydrogens is 462 g/mol. The fraction of sp³-hybridized carbons (Fsp3) is 0.385. The molecule has 186 valence electrons. The number of amides is 1. The summed E-state index contributed by atoms with van der Waals surface area (Å²) in [5, 5.41) is 6.45. The van der Waals surface area contributed by atoms with Gasteiger partial charge >= 0.3 is 0 Å². The number of carbonyl (C=O) groups excluding carboxylic acids is 1. The van der Waals surface area contributed by atoms with E-state index in [2.05, 4.69) is 34.3 Å². The number of nitrogens with zero attached hydrogens (tertiary/aromatic N) is 3. The first kappa shape index (κ1) is 24.9. The highest BCUT2D eigenvalue weighted by atomic mass is 32.2. The number of hydrogen-bond donors (Lipinski definition) is 2. The van der Waals surface area contributed by atoms with Crippen LogP contribution in [0.15, 0.2) is 59.5 Å². The highest BCUT2D eigenvalue weighted by Crippen LogP contribution is 2.26. The molecule has 1 heterocycles. The minimum absolute atomic E-state index is 0.00338. The van der Waals surface area contributed by atoms with Crippen LogP contribution in [0.2, 0.25) is 0 Å². The molecule has 1 atom stereocenters. The highest BCUT2D eigenvalue weighted by molar-refractivity contribution is 7.89. The Morgan fingerprint density at radius 3 is 2.63 bits per heavy atom. The van der Waals surface area contributed by atoms with E-state index in [-0.39, 0.29) is 10.8 Å². The van der Waals surface area contributed by atoms with Gasteiger partial charge in [-0.2, -0.15) is 0 Å². The molecule has 0 bridgehead atoms. The molecule has 2 aromatic carbocycles. The smallest absolute Gasteiger partial charge is 0.242 e. The summed E-state index contributed by atoms with van der Waals surface area (Å²) >= 11 is 0. The molecule has 2 N–H and O–H groups in total. The number of benzene rings is 2. The van der Waals surface area contributed by atoms with Crippen LogP contribution >= 0.6 is 0 Å². The third-order valence-electron chi connectivity index (χ3n) is 6.22. The van der Waals surface area contributed by atoms with Gasteiger partial charge < -0.3 is 15.2 Å². The van der Waals surface area contributed by atoms with Gasteiger partial charge in [0.15, 0.2) is 0 Å². The number of carbonyl (C=O) groups is 1. The number of para-hydroxylation sites is 2. The van der Waals surface area contributed by atoms with E-state index >= 15 is 0 Å². The van der Waals surface area contributed by atoms with Crippen LogP contribution in [0.3, 0.4) is 0 Å². The molecule has 4 rings (SSSR count). The van der Waals surface area contributed by atoms with Crippen molar-refractivity contribution in [1.82, 2.24) is 13.9 Å². The first-order valence-electron chi connectivity index (χ1n) is 12.0. The molecule has 1 unspecified atom stereocenters. The summed E-state index contributed by atoms with van der Waals surface area (Å²) in [5.74, 6) is 1.12. The lowest BCUT2D eigenvalue weighted by molar-refractivity contribution is -0.116. The Morgan fingerprint density at radius 2 is 1.94 bits per heavy atom. The SMILES string of the molecule is CCCn1c(CNc2ccccc2NC(=O)CC2C=CCC2)nc2cc(S(=O)(=O)N(C)C)ccc21. The van der Waals surface area contributed by atoms with Gasteiger partial charge in [0.05, 0.1) is 33.8 Å². The number of sulfonamides is 1. The minimum Gasteiger partial charge on any atom is -0.376 e. The zero-order chi connectivity index (χ0) is 25.0. The number of aromatic nitrogens is 2. The van der Waals surface area contributed by atoms with Gasteiger partial charge in [-0.3, -0.25) is 4.79 Å². The number of nitrogens with one attached hydrogen (secondary N) is 2. The summed E-state index contributed by atoms with van der Waals surface area (Å²) in [4.78, 5) is 17.6. The number of aryl methyl sites for hydroxylation is 1. The molecule has 35 heavy (non-hydrogen) atoms. The first-order valence-corrected chi connectivity index (χ1v) is 13.4. The van der Waals surface area contributed by atoms with E-state index in [9.17, 15) is 13.2 Å². The van der Waals surface area contributed by atoms with Crippen molar-refractivity contribution in [2.24, 2.45) is 5.92 Å². The van der Waals surface area contributed by atoms with Crippen molar-refractivity contribution in [3.63, 3.8) is 0 Å². The zero-order valence-corrected chi connectivity index (χ0v) is 21.3. The lowest BCUT2D eigenvalue weighted by Crippen LogP contribution is -2.22. The second-order valence-corrected chi connectivity index (χ2v) is 11.2. The molecule has 8 nitrogen and oxygen atoms in total. The van der Waals surface area contributed by atoms with Gasteiger partial charge in [-0.1, -0.05) is 31.2 Å². The van der Waals surface area contributed by atoms with Crippen LogP contribution in [0.4, 0.5) is 11.4 Å². The van der Waals surface area contributed by atoms with Crippen molar-refractivity contribution < 1.29 is 13.2 Å². The van der Waals surface area contributed by atoms with E-state index < -0.39 is 10.0 Å². The average Bonchev–Trinajstić information content (AvgIpc) is 3.46. The summed E-state index contributed by atoms with van der Waals surface area (Å²) in [5.41, 5.74) is 3.09. The Bertz CT molecular complexity index is 1340. The van der Waals surface area contributed by atoms with Crippen molar-refractivity contribution in [3.8, 4) is 0 Å². The number of imidazole rings is 1. The number of rotatable bonds is 10. The number of allylic oxidation sites excluding steroid dienone is 2. The zero-order valence-electron chi connectivity index (χ0n) is 20.5. The van der Waals surface area contributed by atoms with E-state index in [4.69, 9.17) is 4.98 Å². The first-order chi connectivity index (χ1) is 16.8. The molecule has 1 aliphatic carbocycles. The topological polar surface area (TPSA) is 96.3 Å². The predicted octanol–water partition coefficient (Wildman–Crippen LogP) is 4.60. The molecule has 1 aliphatic rings. The molecule has 0 aliphatic heterocycles. The summed E-state index contributed by atoms with van der Waals surface area (Å²) in [6.45, 7) is 3.29. The van der Waals surface area contributed by atoms with Crippen LogP contribution in [0.1, 0.15) is 38.4 Å². The Hall–Kier alpha value is -3.17. The van der Waals surface area contributed by atoms with Gasteiger partial charge in [-0.15, -0.1) is 0 Å². The maximum atomic E-state index is 12.6. The maximum Gasteiger partial charge on any atom is 0.242 e. The van der Waals surface area contributed by atoms with Crippen molar-refractivity contribution in [1.29, 1.82) is 0 Å². The van der Waals surface area contributed by atoms with E-state index in [0.29, 0.717) is 24.4 Å². The Kier molecular flexibility index (Phi) is 7.57. The second kappa shape index (κ2) is 10.6. The van der Waals surface area contributed by atoms with Crippen LogP contribution in [0.5, 0.6) is 0 Å². The monoisotopic (exact) mass is 495 g/mol. The molecule has 0 radical (unpaired) electrons. The van der Waals surface area contributed by atoms with Crippen molar-refractivity contribution >= 4 is 38.3 Å². The molecule has 0 spiro atoms. The molecular formula is C26H33N5O3S. The molecule has 9 heteroatoms. The third-order valence-corrected chi connectivity index (χ3v) is 8.03. The fourth-order valence-corrected chi connectivity index (χ4v) is 5.29. The molecule has 0 fully saturated rings. The maximum absolute atomic E-state index is 12.6. The molecule has 0 saturated carbocycles. The normalized spacial score (nSPS) is 15.7. The quantitative estimate of drug-likeness (QED) is 0.401. The largest absolute Gasteiger partial charge is 0.376 e. The van der Waals surface area contributed by atoms with Crippen LogP contribution in [-0.2, 0) is 27.9 Å². The summed E-state index contributed by atoms with van der Waals surface area (Å²) in [6.07, 6.45) is 7.72. The van der Waals surface area contributed by atoms with Crippen LogP contribution in [0, 0.1) is 5.92 Å². The minimum atomic E-state index is -3.54. The van der Waals surface area contributed by atoms with Gasteiger partial charge in [-0.05, 0) is 55.5 Å². The number of anilines is 2. The van der Waals surface area contributed by atoms with Gasteiger partial charge in [0.25, 0.3) is 0 Å². The Balaban J connectivity index is 1.55. The summed E-state index contributed by atoms with van der Waals surface area (Å²) in [7, 11) is -0.503. The van der Waals surface area contributed by atoms with E-state index in [1.54, 1.807) is 12.1 Å². The average molecular weight is 496 g/mol. The predicted molar refractivity (Wildman–Crippen MR) is 140 cm³/mol. The summed E-state index contributed by atoms with van der Waals surface area (Å²) < 4.78 is 28.5. The fourth-order valence-electron chi connectivity index (χ4n) is 4.36. The van der Waals surface area contributed by atoms with Crippen LogP contribution in [0.25, 0.3) is 11.0 Å². The Labute approximate surface area is 207 Å². The van der Waals surface area contributed by atoms with Gasteiger partial charge in [0.2, 0.25) is 15.9 Å². The van der Waals surface area contributed by atoms with Crippen LogP contribution < -0.4 is 10.6 Å². The van der Waals surface area contributed by atoms with Gasteiger partial charge in [-0.25, -0.2) is 17.7 Å². The number of fused-ring (bicyclic) bond motifs is 1. The standard InChI is InChI=1S/C26H33N5O3S/c1-4-15-31-24-14-13-20(35(33,34)30(2)3)17-23(24)28-25(31)18-27-21-11-7-8-12-22(21)29-26(32)16-19-9-5-6-10-19/h5,7-9,11-14,17,19,27H,4,6,10,15-16,18H2,1-3H3,(H,29,32). The van der Waals surface area contributed by atoms with E-state index in [1.165, 1.54) is 18.4 Å². The van der Waals surface area contributed by atoms with Crippen molar-refractivity contribution in [3.05, 3.63) is 60.4 Å². The second-order valence-electron chi connectivity index (χ2n) is 9.03. The number of hydrogen-bond acceptors (Lipinski definition) is 5. The summed E-state index contributed by atoms with van der Waals surface area (Å²) in [6, 6.07) is 12.7. The molecule has 0 saturated heterocycles. The molecule has 1 amide bonds. The van der Waals surface area contributed by atoms with E-state index in [1.807, 2.05) is 30.3 Å². The van der Waals surface area contributed by atoms with Crippen molar-refractivity contribution in [2.45, 2.75) is 50.6 Å². The third kappa shape index (κ3) is 5.57. The van der Waals surface area contributed by atoms with E-state index in [0.717, 1.165) is 48.5 Å². The van der Waals surface area contributed by atoms with Gasteiger partial charge in [0.1, 0.15) is 5.82 Å². The molecule has 1 aromatic heterocycles. The lowest BCUT2D eigenvalue weighted by Gasteiger charge is -2.15. The lowest BCUT2D eigenvalue weighted by atomic mass is 10.0. The van der Waals surface area contributed by atoms with Crippen LogP contribution in [-0.4, -0.2) is 42.3 Å². The van der Waals surface area contributed by atoms with Gasteiger partial charge in [0, 0.05) is 27.1 Å². The Morgan fingerprint density at radius 1 is 1.17 bits per heavy atom. The highest BCUT2D eigenvalue weighted by Gasteiger charge is 2.20.